The van der Waals surface area contributed by atoms with Crippen LogP contribution in [0.1, 0.15) is 28.0 Å². The van der Waals surface area contributed by atoms with E-state index >= 15 is 0 Å². The minimum absolute atomic E-state index is 0.163. The van der Waals surface area contributed by atoms with Gasteiger partial charge in [0.15, 0.2) is 0 Å². The molecule has 3 aromatic rings. The lowest BCUT2D eigenvalue weighted by molar-refractivity contribution is 0.241. The summed E-state index contributed by atoms with van der Waals surface area (Å²) in [4.78, 5) is 14.6. The molecule has 1 aliphatic rings. The number of sulfonamides is 1. The fourth-order valence-corrected chi connectivity index (χ4v) is 3.92. The molecule has 0 amide bonds. The van der Waals surface area contributed by atoms with Crippen LogP contribution in [0.4, 0.5) is 0 Å². The molecule has 0 radical (unpaired) electrons. The maximum Gasteiger partial charge on any atom is 0.227 e. The standard InChI is InChI=1S/C23H24N2O5S/c1-31(27,28)24-11-17-6-8-18(9-7-17)15-30-23-16-29-21(10-22(23)26)14-25-12-19-4-2-3-5-20(19)13-25/h2-10,16,24H,11-15H2,1H3. The Morgan fingerprint density at radius 3 is 2.29 bits per heavy atom. The molecule has 0 atom stereocenters. The van der Waals surface area contributed by atoms with Gasteiger partial charge in [0.1, 0.15) is 18.6 Å². The van der Waals surface area contributed by atoms with E-state index in [4.69, 9.17) is 9.15 Å². The van der Waals surface area contributed by atoms with E-state index in [2.05, 4.69) is 21.8 Å². The van der Waals surface area contributed by atoms with Gasteiger partial charge in [0.05, 0.1) is 12.8 Å². The fraction of sp³-hybridized carbons (Fsp3) is 0.261. The van der Waals surface area contributed by atoms with Crippen molar-refractivity contribution in [3.05, 3.63) is 99.1 Å². The van der Waals surface area contributed by atoms with Crippen molar-refractivity contribution in [1.82, 2.24) is 9.62 Å². The molecule has 4 rings (SSSR count). The highest BCUT2D eigenvalue weighted by Crippen LogP contribution is 2.24. The van der Waals surface area contributed by atoms with Crippen molar-refractivity contribution in [3.63, 3.8) is 0 Å². The van der Waals surface area contributed by atoms with Crippen LogP contribution in [0.2, 0.25) is 0 Å². The summed E-state index contributed by atoms with van der Waals surface area (Å²) in [6.07, 6.45) is 2.49. The number of hydrogen-bond donors (Lipinski definition) is 1. The molecule has 0 bridgehead atoms. The molecule has 7 nitrogen and oxygen atoms in total. The molecule has 2 aromatic carbocycles. The summed E-state index contributed by atoms with van der Waals surface area (Å²) >= 11 is 0. The molecule has 0 fully saturated rings. The number of ether oxygens (including phenoxy) is 1. The van der Waals surface area contributed by atoms with Gasteiger partial charge in [-0.2, -0.15) is 0 Å². The molecule has 0 aliphatic carbocycles. The minimum Gasteiger partial charge on any atom is -0.482 e. The summed E-state index contributed by atoms with van der Waals surface area (Å²) in [7, 11) is -3.23. The molecule has 2 heterocycles. The predicted molar refractivity (Wildman–Crippen MR) is 117 cm³/mol. The lowest BCUT2D eigenvalue weighted by Gasteiger charge is -2.14. The van der Waals surface area contributed by atoms with Gasteiger partial charge in [0.2, 0.25) is 21.2 Å². The average molecular weight is 441 g/mol. The second-order valence-electron chi connectivity index (χ2n) is 7.69. The zero-order valence-electron chi connectivity index (χ0n) is 17.2. The van der Waals surface area contributed by atoms with E-state index in [1.807, 2.05) is 36.4 Å². The molecule has 8 heteroatoms. The van der Waals surface area contributed by atoms with Crippen LogP contribution in [0.15, 0.2) is 70.1 Å². The summed E-state index contributed by atoms with van der Waals surface area (Å²) in [5.74, 6) is 0.768. The van der Waals surface area contributed by atoms with E-state index in [0.717, 1.165) is 30.5 Å². The van der Waals surface area contributed by atoms with Gasteiger partial charge in [0.25, 0.3) is 0 Å². The number of nitrogens with zero attached hydrogens (tertiary/aromatic N) is 1. The van der Waals surface area contributed by atoms with Gasteiger partial charge in [-0.3, -0.25) is 9.69 Å². The first-order valence-electron chi connectivity index (χ1n) is 9.92. The van der Waals surface area contributed by atoms with Crippen LogP contribution in [0, 0.1) is 0 Å². The largest absolute Gasteiger partial charge is 0.482 e. The van der Waals surface area contributed by atoms with E-state index in [-0.39, 0.29) is 24.3 Å². The number of rotatable bonds is 8. The Balaban J connectivity index is 1.31. The lowest BCUT2D eigenvalue weighted by atomic mass is 10.1. The molecular formula is C23H24N2O5S. The first-order valence-corrected chi connectivity index (χ1v) is 11.8. The predicted octanol–water partition coefficient (Wildman–Crippen LogP) is 2.78. The zero-order valence-corrected chi connectivity index (χ0v) is 18.0. The number of hydrogen-bond acceptors (Lipinski definition) is 6. The Labute approximate surface area is 181 Å². The normalized spacial score (nSPS) is 13.8. The molecule has 31 heavy (non-hydrogen) atoms. The van der Waals surface area contributed by atoms with E-state index in [1.54, 1.807) is 0 Å². The molecular weight excluding hydrogens is 416 g/mol. The topological polar surface area (TPSA) is 88.8 Å². The molecule has 1 aromatic heterocycles. The van der Waals surface area contributed by atoms with Crippen molar-refractivity contribution in [2.24, 2.45) is 0 Å². The van der Waals surface area contributed by atoms with Crippen LogP contribution in [0.25, 0.3) is 0 Å². The van der Waals surface area contributed by atoms with Gasteiger partial charge in [-0.05, 0) is 22.3 Å². The van der Waals surface area contributed by atoms with Gasteiger partial charge in [0, 0.05) is 25.7 Å². The van der Waals surface area contributed by atoms with E-state index in [0.29, 0.717) is 12.3 Å². The third-order valence-electron chi connectivity index (χ3n) is 5.09. The van der Waals surface area contributed by atoms with Crippen LogP contribution in [-0.4, -0.2) is 19.6 Å². The van der Waals surface area contributed by atoms with Gasteiger partial charge in [-0.15, -0.1) is 0 Å². The summed E-state index contributed by atoms with van der Waals surface area (Å²) in [5, 5.41) is 0. The fourth-order valence-electron chi connectivity index (χ4n) is 3.49. The Bertz CT molecular complexity index is 1190. The summed E-state index contributed by atoms with van der Waals surface area (Å²) in [6, 6.07) is 17.1. The average Bonchev–Trinajstić information content (AvgIpc) is 3.14. The minimum atomic E-state index is -3.23. The maximum atomic E-state index is 12.4. The Morgan fingerprint density at radius 1 is 1.03 bits per heavy atom. The monoisotopic (exact) mass is 440 g/mol. The second-order valence-corrected chi connectivity index (χ2v) is 9.52. The highest BCUT2D eigenvalue weighted by molar-refractivity contribution is 7.88. The zero-order chi connectivity index (χ0) is 21.8. The van der Waals surface area contributed by atoms with Crippen molar-refractivity contribution >= 4 is 10.0 Å². The van der Waals surface area contributed by atoms with Crippen molar-refractivity contribution in [2.75, 3.05) is 6.26 Å². The van der Waals surface area contributed by atoms with Gasteiger partial charge in [-0.1, -0.05) is 48.5 Å². The van der Waals surface area contributed by atoms with Gasteiger partial charge < -0.3 is 9.15 Å². The van der Waals surface area contributed by atoms with Crippen LogP contribution in [-0.2, 0) is 42.8 Å². The third-order valence-corrected chi connectivity index (χ3v) is 5.76. The van der Waals surface area contributed by atoms with Crippen molar-refractivity contribution in [3.8, 4) is 5.75 Å². The first kappa shape index (κ1) is 21.3. The Hall–Kier alpha value is -2.94. The van der Waals surface area contributed by atoms with Crippen LogP contribution in [0.3, 0.4) is 0 Å². The Morgan fingerprint density at radius 2 is 1.68 bits per heavy atom. The molecule has 1 aliphatic heterocycles. The van der Waals surface area contributed by atoms with Crippen LogP contribution < -0.4 is 14.9 Å². The number of benzene rings is 2. The summed E-state index contributed by atoms with van der Waals surface area (Å²) in [5.41, 5.74) is 4.10. The summed E-state index contributed by atoms with van der Waals surface area (Å²) < 4.78 is 36.0. The first-order chi connectivity index (χ1) is 14.9. The Kier molecular flexibility index (Phi) is 6.22. The molecule has 0 saturated heterocycles. The molecule has 162 valence electrons. The van der Waals surface area contributed by atoms with E-state index in [1.165, 1.54) is 23.5 Å². The lowest BCUT2D eigenvalue weighted by Crippen LogP contribution is -2.21. The quantitative estimate of drug-likeness (QED) is 0.580. The van der Waals surface area contributed by atoms with Crippen LogP contribution >= 0.6 is 0 Å². The van der Waals surface area contributed by atoms with E-state index in [9.17, 15) is 13.2 Å². The molecule has 0 unspecified atom stereocenters. The molecule has 1 N–H and O–H groups in total. The highest BCUT2D eigenvalue weighted by atomic mass is 32.2. The summed E-state index contributed by atoms with van der Waals surface area (Å²) in [6.45, 7) is 2.69. The SMILES string of the molecule is CS(=O)(=O)NCc1ccc(COc2coc(CN3Cc4ccccc4C3)cc2=O)cc1. The number of nitrogens with one attached hydrogen (secondary N) is 1. The highest BCUT2D eigenvalue weighted by Gasteiger charge is 2.19. The van der Waals surface area contributed by atoms with Gasteiger partial charge in [-0.25, -0.2) is 13.1 Å². The van der Waals surface area contributed by atoms with Crippen molar-refractivity contribution in [2.45, 2.75) is 32.8 Å². The van der Waals surface area contributed by atoms with Gasteiger partial charge >= 0.3 is 0 Å². The van der Waals surface area contributed by atoms with Crippen molar-refractivity contribution in [1.29, 1.82) is 0 Å². The number of fused-ring (bicyclic) bond motifs is 1. The second kappa shape index (κ2) is 9.05. The molecule has 0 spiro atoms. The third kappa shape index (κ3) is 5.81. The van der Waals surface area contributed by atoms with Crippen LogP contribution in [0.5, 0.6) is 5.75 Å². The molecule has 0 saturated carbocycles. The smallest absolute Gasteiger partial charge is 0.227 e. The maximum absolute atomic E-state index is 12.4. The van der Waals surface area contributed by atoms with E-state index < -0.39 is 10.0 Å². The van der Waals surface area contributed by atoms with Crippen molar-refractivity contribution < 1.29 is 17.6 Å².